The molecule has 0 saturated carbocycles. The average Bonchev–Trinajstić information content (AvgIpc) is 2.55. The average molecular weight is 300 g/mol. The third-order valence-corrected chi connectivity index (χ3v) is 3.40. The molecule has 3 rings (SSSR count). The molecule has 0 radical (unpaired) electrons. The summed E-state index contributed by atoms with van der Waals surface area (Å²) in [5.74, 6) is 6.83. The molecule has 2 aromatic carbocycles. The van der Waals surface area contributed by atoms with Gasteiger partial charge in [0.1, 0.15) is 13.2 Å². The van der Waals surface area contributed by atoms with E-state index in [0.717, 1.165) is 11.1 Å². The van der Waals surface area contributed by atoms with Crippen molar-refractivity contribution in [1.29, 1.82) is 0 Å². The van der Waals surface area contributed by atoms with Gasteiger partial charge in [0.2, 0.25) is 5.75 Å². The van der Waals surface area contributed by atoms with Crippen LogP contribution in [0.25, 0.3) is 11.1 Å². The molecule has 1 heterocycles. The number of rotatable bonds is 4. The Morgan fingerprint density at radius 3 is 2.55 bits per heavy atom. The quantitative estimate of drug-likeness (QED) is 0.511. The van der Waals surface area contributed by atoms with E-state index in [2.05, 4.69) is 5.59 Å². The SMILES string of the molecule is CC(=O)c1ccc(-c2cc3c(c(ONN)c2)OCCO3)cc1. The first kappa shape index (κ1) is 14.4. The smallest absolute Gasteiger partial charge is 0.206 e. The molecule has 0 atom stereocenters. The summed E-state index contributed by atoms with van der Waals surface area (Å²) in [5, 5.41) is 0. The zero-order valence-corrected chi connectivity index (χ0v) is 12.1. The number of benzene rings is 2. The molecule has 114 valence electrons. The third-order valence-electron chi connectivity index (χ3n) is 3.40. The molecule has 0 aliphatic carbocycles. The lowest BCUT2D eigenvalue weighted by atomic mass is 10.0. The highest BCUT2D eigenvalue weighted by Gasteiger charge is 2.19. The Morgan fingerprint density at radius 2 is 1.86 bits per heavy atom. The number of fused-ring (bicyclic) bond motifs is 1. The van der Waals surface area contributed by atoms with Crippen LogP contribution in [-0.2, 0) is 0 Å². The van der Waals surface area contributed by atoms with Gasteiger partial charge < -0.3 is 14.3 Å². The van der Waals surface area contributed by atoms with Gasteiger partial charge in [0, 0.05) is 5.56 Å². The van der Waals surface area contributed by atoms with E-state index < -0.39 is 0 Å². The van der Waals surface area contributed by atoms with E-state index in [9.17, 15) is 4.79 Å². The second-order valence-corrected chi connectivity index (χ2v) is 4.85. The number of nitrogens with two attached hydrogens (primary N) is 1. The van der Waals surface area contributed by atoms with Crippen LogP contribution in [0.5, 0.6) is 17.2 Å². The predicted octanol–water partition coefficient (Wildman–Crippen LogP) is 2.08. The van der Waals surface area contributed by atoms with Gasteiger partial charge in [0.05, 0.1) is 0 Å². The molecule has 0 saturated heterocycles. The normalized spacial score (nSPS) is 12.8. The summed E-state index contributed by atoms with van der Waals surface area (Å²) in [6.45, 7) is 2.48. The van der Waals surface area contributed by atoms with E-state index in [1.807, 2.05) is 18.2 Å². The Labute approximate surface area is 127 Å². The molecular weight excluding hydrogens is 284 g/mol. The largest absolute Gasteiger partial charge is 0.486 e. The number of hydrogen-bond donors (Lipinski definition) is 2. The first-order valence-corrected chi connectivity index (χ1v) is 6.86. The molecule has 6 nitrogen and oxygen atoms in total. The maximum atomic E-state index is 11.3. The van der Waals surface area contributed by atoms with Crippen LogP contribution in [0.1, 0.15) is 17.3 Å². The summed E-state index contributed by atoms with van der Waals surface area (Å²) in [4.78, 5) is 16.5. The minimum Gasteiger partial charge on any atom is -0.486 e. The zero-order valence-electron chi connectivity index (χ0n) is 12.1. The van der Waals surface area contributed by atoms with Crippen molar-refractivity contribution < 1.29 is 19.1 Å². The topological polar surface area (TPSA) is 82.8 Å². The van der Waals surface area contributed by atoms with Crippen molar-refractivity contribution in [3.8, 4) is 28.4 Å². The second-order valence-electron chi connectivity index (χ2n) is 4.85. The molecule has 0 fully saturated rings. The number of hydrogen-bond acceptors (Lipinski definition) is 6. The maximum Gasteiger partial charge on any atom is 0.206 e. The second kappa shape index (κ2) is 6.05. The lowest BCUT2D eigenvalue weighted by Crippen LogP contribution is -2.27. The number of carbonyl (C=O) groups is 1. The van der Waals surface area contributed by atoms with Gasteiger partial charge in [0.25, 0.3) is 0 Å². The van der Waals surface area contributed by atoms with Crippen LogP contribution in [0, 0.1) is 0 Å². The molecule has 1 aliphatic heterocycles. The van der Waals surface area contributed by atoms with Crippen LogP contribution in [0.2, 0.25) is 0 Å². The first-order valence-electron chi connectivity index (χ1n) is 6.86. The number of nitrogens with one attached hydrogen (secondary N) is 1. The molecule has 0 spiro atoms. The molecule has 3 N–H and O–H groups in total. The van der Waals surface area contributed by atoms with Crippen molar-refractivity contribution in [2.45, 2.75) is 6.92 Å². The lowest BCUT2D eigenvalue weighted by Gasteiger charge is -2.21. The third kappa shape index (κ3) is 2.74. The van der Waals surface area contributed by atoms with Crippen molar-refractivity contribution in [3.05, 3.63) is 42.0 Å². The molecule has 0 aromatic heterocycles. The lowest BCUT2D eigenvalue weighted by molar-refractivity contribution is 0.101. The molecule has 6 heteroatoms. The highest BCUT2D eigenvalue weighted by molar-refractivity contribution is 5.94. The van der Waals surface area contributed by atoms with Crippen molar-refractivity contribution in [2.75, 3.05) is 13.2 Å². The molecule has 0 bridgehead atoms. The van der Waals surface area contributed by atoms with Gasteiger partial charge in [-0.25, -0.2) is 5.84 Å². The Bertz CT molecular complexity index is 698. The van der Waals surface area contributed by atoms with Crippen molar-refractivity contribution in [1.82, 2.24) is 5.59 Å². The van der Waals surface area contributed by atoms with Crippen LogP contribution < -0.4 is 25.7 Å². The van der Waals surface area contributed by atoms with Gasteiger partial charge in [-0.15, -0.1) is 0 Å². The van der Waals surface area contributed by atoms with Gasteiger partial charge in [-0.2, -0.15) is 0 Å². The van der Waals surface area contributed by atoms with Crippen LogP contribution >= 0.6 is 0 Å². The summed E-state index contributed by atoms with van der Waals surface area (Å²) >= 11 is 0. The summed E-state index contributed by atoms with van der Waals surface area (Å²) in [6.07, 6.45) is 0. The fourth-order valence-electron chi connectivity index (χ4n) is 2.32. The molecule has 2 aromatic rings. The highest BCUT2D eigenvalue weighted by Crippen LogP contribution is 2.42. The summed E-state index contributed by atoms with van der Waals surface area (Å²) in [5.41, 5.74) is 4.64. The van der Waals surface area contributed by atoms with E-state index in [0.29, 0.717) is 36.0 Å². The highest BCUT2D eigenvalue weighted by atomic mass is 16.7. The zero-order chi connectivity index (χ0) is 15.5. The number of ketones is 1. The molecule has 0 amide bonds. The molecule has 1 aliphatic rings. The van der Waals surface area contributed by atoms with Crippen LogP contribution in [0.4, 0.5) is 0 Å². The first-order chi connectivity index (χ1) is 10.7. The summed E-state index contributed by atoms with van der Waals surface area (Å²) in [7, 11) is 0. The van der Waals surface area contributed by atoms with Gasteiger partial charge in [-0.1, -0.05) is 29.9 Å². The Balaban J connectivity index is 2.02. The molecular formula is C16H16N2O4. The van der Waals surface area contributed by atoms with Gasteiger partial charge in [0.15, 0.2) is 17.3 Å². The van der Waals surface area contributed by atoms with Crippen molar-refractivity contribution in [2.24, 2.45) is 5.84 Å². The van der Waals surface area contributed by atoms with E-state index in [4.69, 9.17) is 20.2 Å². The Kier molecular flexibility index (Phi) is 3.95. The van der Waals surface area contributed by atoms with Crippen molar-refractivity contribution in [3.63, 3.8) is 0 Å². The fourth-order valence-corrected chi connectivity index (χ4v) is 2.32. The minimum atomic E-state index is 0.0325. The molecule has 0 unspecified atom stereocenters. The minimum absolute atomic E-state index is 0.0325. The van der Waals surface area contributed by atoms with E-state index in [1.54, 1.807) is 18.2 Å². The van der Waals surface area contributed by atoms with E-state index >= 15 is 0 Å². The van der Waals surface area contributed by atoms with Gasteiger partial charge in [-0.3, -0.25) is 4.79 Å². The Hall–Kier alpha value is -2.57. The fraction of sp³-hybridized carbons (Fsp3) is 0.188. The standard InChI is InChI=1S/C16H16N2O4/c1-10(19)11-2-4-12(5-3-11)13-8-14-16(21-7-6-20-14)15(9-13)22-18-17/h2-5,8-9,18H,6-7,17H2,1H3. The van der Waals surface area contributed by atoms with E-state index in [1.165, 1.54) is 6.92 Å². The number of ether oxygens (including phenoxy) is 2. The summed E-state index contributed by atoms with van der Waals surface area (Å²) in [6, 6.07) is 11.0. The van der Waals surface area contributed by atoms with E-state index in [-0.39, 0.29) is 5.78 Å². The summed E-state index contributed by atoms with van der Waals surface area (Å²) < 4.78 is 11.2. The Morgan fingerprint density at radius 1 is 1.14 bits per heavy atom. The van der Waals surface area contributed by atoms with Crippen LogP contribution in [0.15, 0.2) is 36.4 Å². The van der Waals surface area contributed by atoms with Crippen molar-refractivity contribution >= 4 is 5.78 Å². The number of hydrazine groups is 1. The van der Waals surface area contributed by atoms with Gasteiger partial charge in [-0.05, 0) is 30.2 Å². The molecule has 22 heavy (non-hydrogen) atoms. The van der Waals surface area contributed by atoms with Crippen LogP contribution in [-0.4, -0.2) is 19.0 Å². The number of Topliss-reactive ketones (excluding diaryl/α,β-unsaturated/α-hetero) is 1. The van der Waals surface area contributed by atoms with Crippen LogP contribution in [0.3, 0.4) is 0 Å². The predicted molar refractivity (Wildman–Crippen MR) is 80.8 cm³/mol. The number of carbonyl (C=O) groups excluding carboxylic acids is 1. The van der Waals surface area contributed by atoms with Gasteiger partial charge >= 0.3 is 0 Å². The monoisotopic (exact) mass is 300 g/mol. The maximum absolute atomic E-state index is 11.3.